The Bertz CT molecular complexity index is 667. The van der Waals surface area contributed by atoms with E-state index in [2.05, 4.69) is 26.8 Å². The fraction of sp³-hybridized carbons (Fsp3) is 0.316. The molecule has 0 aromatic heterocycles. The minimum Gasteiger partial charge on any atom is -0.462 e. The highest BCUT2D eigenvalue weighted by atomic mass is 16.5. The molecule has 0 fully saturated rings. The molecule has 0 unspecified atom stereocenters. The van der Waals surface area contributed by atoms with Gasteiger partial charge in [0.1, 0.15) is 0 Å². The van der Waals surface area contributed by atoms with E-state index < -0.39 is 0 Å². The van der Waals surface area contributed by atoms with Crippen molar-refractivity contribution in [2.24, 2.45) is 0 Å². The zero-order valence-corrected chi connectivity index (χ0v) is 13.6. The van der Waals surface area contributed by atoms with Crippen LogP contribution in [0.2, 0.25) is 0 Å². The van der Waals surface area contributed by atoms with E-state index in [-0.39, 0.29) is 11.4 Å². The summed E-state index contributed by atoms with van der Waals surface area (Å²) >= 11 is 0. The SMILES string of the molecule is CCOC(=O)c1ccc(-c2cc(N)ccc2C(C)(C)C)cc1. The second-order valence-corrected chi connectivity index (χ2v) is 6.35. The molecule has 0 saturated heterocycles. The molecule has 3 nitrogen and oxygen atoms in total. The van der Waals surface area contributed by atoms with Gasteiger partial charge in [0, 0.05) is 5.69 Å². The Balaban J connectivity index is 2.44. The summed E-state index contributed by atoms with van der Waals surface area (Å²) in [4.78, 5) is 11.7. The number of hydrogen-bond acceptors (Lipinski definition) is 3. The van der Waals surface area contributed by atoms with Gasteiger partial charge in [-0.05, 0) is 53.3 Å². The van der Waals surface area contributed by atoms with Gasteiger partial charge in [-0.2, -0.15) is 0 Å². The lowest BCUT2D eigenvalue weighted by Crippen LogP contribution is -2.13. The van der Waals surface area contributed by atoms with Crippen molar-refractivity contribution >= 4 is 11.7 Å². The van der Waals surface area contributed by atoms with Crippen molar-refractivity contribution in [1.82, 2.24) is 0 Å². The van der Waals surface area contributed by atoms with Gasteiger partial charge < -0.3 is 10.5 Å². The van der Waals surface area contributed by atoms with Crippen LogP contribution in [0.1, 0.15) is 43.6 Å². The highest BCUT2D eigenvalue weighted by Gasteiger charge is 2.19. The molecular weight excluding hydrogens is 274 g/mol. The minimum atomic E-state index is -0.294. The van der Waals surface area contributed by atoms with Gasteiger partial charge in [0.2, 0.25) is 0 Å². The maximum absolute atomic E-state index is 11.7. The number of hydrogen-bond donors (Lipinski definition) is 1. The number of ether oxygens (including phenoxy) is 1. The molecule has 0 saturated carbocycles. The van der Waals surface area contributed by atoms with Crippen LogP contribution in [0.4, 0.5) is 5.69 Å². The Hall–Kier alpha value is -2.29. The minimum absolute atomic E-state index is 0.0167. The number of carbonyl (C=O) groups is 1. The van der Waals surface area contributed by atoms with Gasteiger partial charge in [0.25, 0.3) is 0 Å². The summed E-state index contributed by atoms with van der Waals surface area (Å²) in [5.41, 5.74) is 10.6. The second-order valence-electron chi connectivity index (χ2n) is 6.35. The van der Waals surface area contributed by atoms with Crippen LogP contribution in [0.15, 0.2) is 42.5 Å². The standard InChI is InChI=1S/C19H23NO2/c1-5-22-18(21)14-8-6-13(7-9-14)16-12-15(20)10-11-17(16)19(2,3)4/h6-12H,5,20H2,1-4H3. The van der Waals surface area contributed by atoms with Crippen LogP contribution in [0.3, 0.4) is 0 Å². The van der Waals surface area contributed by atoms with Gasteiger partial charge >= 0.3 is 5.97 Å². The van der Waals surface area contributed by atoms with E-state index in [1.807, 2.05) is 24.3 Å². The van der Waals surface area contributed by atoms with E-state index in [4.69, 9.17) is 10.5 Å². The third-order valence-electron chi connectivity index (χ3n) is 3.56. The summed E-state index contributed by atoms with van der Waals surface area (Å²) in [6.07, 6.45) is 0. The normalized spacial score (nSPS) is 11.3. The highest BCUT2D eigenvalue weighted by Crippen LogP contribution is 2.34. The smallest absolute Gasteiger partial charge is 0.338 e. The van der Waals surface area contributed by atoms with Crippen molar-refractivity contribution in [3.8, 4) is 11.1 Å². The van der Waals surface area contributed by atoms with Crippen LogP contribution in [-0.4, -0.2) is 12.6 Å². The van der Waals surface area contributed by atoms with Crippen LogP contribution in [0, 0.1) is 0 Å². The number of nitrogens with two attached hydrogens (primary N) is 1. The van der Waals surface area contributed by atoms with E-state index in [9.17, 15) is 4.79 Å². The first-order valence-electron chi connectivity index (χ1n) is 7.50. The van der Waals surface area contributed by atoms with Crippen molar-refractivity contribution in [3.63, 3.8) is 0 Å². The van der Waals surface area contributed by atoms with Gasteiger partial charge in [-0.15, -0.1) is 0 Å². The average Bonchev–Trinajstić information content (AvgIpc) is 2.46. The Morgan fingerprint density at radius 3 is 2.27 bits per heavy atom. The number of esters is 1. The van der Waals surface area contributed by atoms with E-state index in [1.165, 1.54) is 5.56 Å². The number of benzene rings is 2. The predicted molar refractivity (Wildman–Crippen MR) is 90.9 cm³/mol. The van der Waals surface area contributed by atoms with Crippen LogP contribution in [0.5, 0.6) is 0 Å². The zero-order chi connectivity index (χ0) is 16.3. The van der Waals surface area contributed by atoms with Crippen LogP contribution in [0.25, 0.3) is 11.1 Å². The molecule has 0 bridgehead atoms. The molecule has 0 spiro atoms. The third-order valence-corrected chi connectivity index (χ3v) is 3.56. The summed E-state index contributed by atoms with van der Waals surface area (Å²) in [5.74, 6) is -0.294. The molecule has 2 N–H and O–H groups in total. The monoisotopic (exact) mass is 297 g/mol. The molecule has 0 aliphatic carbocycles. The summed E-state index contributed by atoms with van der Waals surface area (Å²) in [7, 11) is 0. The lowest BCUT2D eigenvalue weighted by molar-refractivity contribution is 0.0526. The fourth-order valence-corrected chi connectivity index (χ4v) is 2.46. The summed E-state index contributed by atoms with van der Waals surface area (Å²) in [6.45, 7) is 8.71. The van der Waals surface area contributed by atoms with E-state index in [1.54, 1.807) is 19.1 Å². The maximum atomic E-state index is 11.7. The Labute approximate surface area is 132 Å². The van der Waals surface area contributed by atoms with Crippen molar-refractivity contribution in [1.29, 1.82) is 0 Å². The van der Waals surface area contributed by atoms with Crippen LogP contribution in [-0.2, 0) is 10.2 Å². The van der Waals surface area contributed by atoms with Gasteiger partial charge in [0.15, 0.2) is 0 Å². The number of nitrogen functional groups attached to an aromatic ring is 1. The molecule has 22 heavy (non-hydrogen) atoms. The molecule has 2 aromatic rings. The number of rotatable bonds is 3. The first-order valence-corrected chi connectivity index (χ1v) is 7.50. The molecule has 2 rings (SSSR count). The highest BCUT2D eigenvalue weighted by molar-refractivity contribution is 5.90. The molecule has 0 amide bonds. The Morgan fingerprint density at radius 2 is 1.73 bits per heavy atom. The van der Waals surface area contributed by atoms with Gasteiger partial charge in [0.05, 0.1) is 12.2 Å². The molecular formula is C19H23NO2. The fourth-order valence-electron chi connectivity index (χ4n) is 2.46. The molecule has 0 atom stereocenters. The maximum Gasteiger partial charge on any atom is 0.338 e. The van der Waals surface area contributed by atoms with E-state index in [0.29, 0.717) is 12.2 Å². The summed E-state index contributed by atoms with van der Waals surface area (Å²) < 4.78 is 5.01. The third kappa shape index (κ3) is 3.48. The van der Waals surface area contributed by atoms with Crippen molar-refractivity contribution in [2.75, 3.05) is 12.3 Å². The van der Waals surface area contributed by atoms with Gasteiger partial charge in [-0.3, -0.25) is 0 Å². The molecule has 3 heteroatoms. The molecule has 116 valence electrons. The number of anilines is 1. The molecule has 0 aliphatic heterocycles. The van der Waals surface area contributed by atoms with Crippen molar-refractivity contribution in [2.45, 2.75) is 33.1 Å². The van der Waals surface area contributed by atoms with Crippen molar-refractivity contribution < 1.29 is 9.53 Å². The second kappa shape index (κ2) is 6.22. The predicted octanol–water partition coefficient (Wildman–Crippen LogP) is 4.41. The molecule has 0 radical (unpaired) electrons. The van der Waals surface area contributed by atoms with Crippen molar-refractivity contribution in [3.05, 3.63) is 53.6 Å². The van der Waals surface area contributed by atoms with E-state index in [0.717, 1.165) is 16.8 Å². The molecule has 0 heterocycles. The van der Waals surface area contributed by atoms with Gasteiger partial charge in [-0.1, -0.05) is 39.0 Å². The largest absolute Gasteiger partial charge is 0.462 e. The Kier molecular flexibility index (Phi) is 4.55. The molecule has 2 aromatic carbocycles. The lowest BCUT2D eigenvalue weighted by Gasteiger charge is -2.23. The molecule has 0 aliphatic rings. The first-order chi connectivity index (χ1) is 10.3. The lowest BCUT2D eigenvalue weighted by atomic mass is 9.81. The first kappa shape index (κ1) is 16.1. The topological polar surface area (TPSA) is 52.3 Å². The number of carbonyl (C=O) groups excluding carboxylic acids is 1. The summed E-state index contributed by atoms with van der Waals surface area (Å²) in [6, 6.07) is 13.5. The van der Waals surface area contributed by atoms with Crippen LogP contribution >= 0.6 is 0 Å². The Morgan fingerprint density at radius 1 is 1.09 bits per heavy atom. The van der Waals surface area contributed by atoms with Gasteiger partial charge in [-0.25, -0.2) is 4.79 Å². The zero-order valence-electron chi connectivity index (χ0n) is 13.6. The van der Waals surface area contributed by atoms with Crippen LogP contribution < -0.4 is 5.73 Å². The van der Waals surface area contributed by atoms with E-state index >= 15 is 0 Å². The quantitative estimate of drug-likeness (QED) is 0.674. The average molecular weight is 297 g/mol. The summed E-state index contributed by atoms with van der Waals surface area (Å²) in [5, 5.41) is 0.